The molecule has 168 valence electrons. The van der Waals surface area contributed by atoms with E-state index in [0.29, 0.717) is 28.8 Å². The van der Waals surface area contributed by atoms with Gasteiger partial charge in [-0.3, -0.25) is 4.68 Å². The maximum atomic E-state index is 13.1. The molecule has 33 heavy (non-hydrogen) atoms. The SMILES string of the molecule is Cn1ncc(Br)c1-c1cc(NC(=O)Nc2ccc(F)cc2)ccc1OCc1ccc(Cl)cc1. The largest absolute Gasteiger partial charge is 0.488 e. The number of halogens is 3. The van der Waals surface area contributed by atoms with Crippen LogP contribution in [0.1, 0.15) is 5.56 Å². The Hall–Kier alpha value is -3.36. The van der Waals surface area contributed by atoms with Gasteiger partial charge >= 0.3 is 6.03 Å². The van der Waals surface area contributed by atoms with Crippen LogP contribution in [0.5, 0.6) is 5.75 Å². The van der Waals surface area contributed by atoms with E-state index in [-0.39, 0.29) is 5.82 Å². The third kappa shape index (κ3) is 5.71. The van der Waals surface area contributed by atoms with Crippen molar-refractivity contribution in [2.24, 2.45) is 7.05 Å². The fourth-order valence-electron chi connectivity index (χ4n) is 3.20. The predicted octanol–water partition coefficient (Wildman–Crippen LogP) is 6.87. The van der Waals surface area contributed by atoms with E-state index in [2.05, 4.69) is 31.7 Å². The van der Waals surface area contributed by atoms with E-state index in [9.17, 15) is 9.18 Å². The number of aromatic nitrogens is 2. The van der Waals surface area contributed by atoms with Crippen LogP contribution < -0.4 is 15.4 Å². The standard InChI is InChI=1S/C24H19BrClFN4O2/c1-31-23(21(25)13-28-31)20-12-19(30-24(32)29-18-8-6-17(27)7-9-18)10-11-22(20)33-14-15-2-4-16(26)5-3-15/h2-13H,14H2,1H3,(H2,29,30,32). The monoisotopic (exact) mass is 528 g/mol. The minimum Gasteiger partial charge on any atom is -0.488 e. The predicted molar refractivity (Wildman–Crippen MR) is 131 cm³/mol. The molecule has 0 radical (unpaired) electrons. The molecule has 0 saturated carbocycles. The molecule has 4 rings (SSSR count). The van der Waals surface area contributed by atoms with E-state index in [0.717, 1.165) is 21.3 Å². The van der Waals surface area contributed by atoms with Crippen molar-refractivity contribution in [3.05, 3.63) is 93.8 Å². The van der Waals surface area contributed by atoms with Crippen molar-refractivity contribution in [3.63, 3.8) is 0 Å². The number of hydrogen-bond donors (Lipinski definition) is 2. The summed E-state index contributed by atoms with van der Waals surface area (Å²) in [5.74, 6) is 0.250. The van der Waals surface area contributed by atoms with Crippen LogP contribution in [-0.2, 0) is 13.7 Å². The highest BCUT2D eigenvalue weighted by atomic mass is 79.9. The molecule has 0 aliphatic heterocycles. The first-order valence-electron chi connectivity index (χ1n) is 9.92. The first kappa shape index (κ1) is 22.8. The van der Waals surface area contributed by atoms with Gasteiger partial charge in [0.1, 0.15) is 18.2 Å². The van der Waals surface area contributed by atoms with Gasteiger partial charge in [0, 0.05) is 29.0 Å². The fraction of sp³-hybridized carbons (Fsp3) is 0.0833. The molecule has 0 fully saturated rings. The molecule has 3 aromatic carbocycles. The summed E-state index contributed by atoms with van der Waals surface area (Å²) >= 11 is 9.49. The number of aryl methyl sites for hydroxylation is 1. The highest BCUT2D eigenvalue weighted by Gasteiger charge is 2.16. The highest BCUT2D eigenvalue weighted by Crippen LogP contribution is 2.37. The third-order valence-electron chi connectivity index (χ3n) is 4.80. The Morgan fingerprint density at radius 3 is 2.39 bits per heavy atom. The smallest absolute Gasteiger partial charge is 0.323 e. The molecule has 9 heteroatoms. The molecule has 0 spiro atoms. The molecule has 2 amide bonds. The van der Waals surface area contributed by atoms with Crippen LogP contribution in [0.3, 0.4) is 0 Å². The summed E-state index contributed by atoms with van der Waals surface area (Å²) in [6, 6.07) is 17.8. The number of anilines is 2. The molecule has 6 nitrogen and oxygen atoms in total. The van der Waals surface area contributed by atoms with E-state index in [4.69, 9.17) is 16.3 Å². The number of amides is 2. The summed E-state index contributed by atoms with van der Waals surface area (Å²) in [7, 11) is 1.82. The minimum absolute atomic E-state index is 0.345. The average molecular weight is 530 g/mol. The summed E-state index contributed by atoms with van der Waals surface area (Å²) in [6.45, 7) is 0.345. The summed E-state index contributed by atoms with van der Waals surface area (Å²) in [4.78, 5) is 12.4. The maximum Gasteiger partial charge on any atom is 0.323 e. The van der Waals surface area contributed by atoms with Crippen LogP contribution in [0.15, 0.2) is 77.4 Å². The molecule has 1 heterocycles. The Balaban J connectivity index is 1.57. The normalized spacial score (nSPS) is 10.7. The van der Waals surface area contributed by atoms with Crippen molar-refractivity contribution in [1.29, 1.82) is 0 Å². The fourth-order valence-corrected chi connectivity index (χ4v) is 3.89. The van der Waals surface area contributed by atoms with E-state index in [1.54, 1.807) is 23.0 Å². The van der Waals surface area contributed by atoms with Crippen LogP contribution in [-0.4, -0.2) is 15.8 Å². The summed E-state index contributed by atoms with van der Waals surface area (Å²) in [5, 5.41) is 10.4. The van der Waals surface area contributed by atoms with Crippen molar-refractivity contribution in [2.75, 3.05) is 10.6 Å². The molecule has 0 aliphatic carbocycles. The molecule has 0 aliphatic rings. The lowest BCUT2D eigenvalue weighted by atomic mass is 10.1. The van der Waals surface area contributed by atoms with Crippen molar-refractivity contribution >= 4 is 44.9 Å². The Labute approximate surface area is 203 Å². The van der Waals surface area contributed by atoms with Gasteiger partial charge in [-0.25, -0.2) is 9.18 Å². The molecule has 1 aromatic heterocycles. The average Bonchev–Trinajstić information content (AvgIpc) is 3.13. The van der Waals surface area contributed by atoms with Crippen molar-refractivity contribution in [2.45, 2.75) is 6.61 Å². The topological polar surface area (TPSA) is 68.2 Å². The van der Waals surface area contributed by atoms with E-state index < -0.39 is 6.03 Å². The number of nitrogens with one attached hydrogen (secondary N) is 2. The van der Waals surface area contributed by atoms with Gasteiger partial charge in [0.05, 0.1) is 16.4 Å². The molecule has 0 bridgehead atoms. The molecule has 0 saturated heterocycles. The van der Waals surface area contributed by atoms with Gasteiger partial charge in [0.2, 0.25) is 0 Å². The maximum absolute atomic E-state index is 13.1. The number of rotatable bonds is 6. The lowest BCUT2D eigenvalue weighted by molar-refractivity contribution is 0.262. The number of carbonyl (C=O) groups excluding carboxylic acids is 1. The second kappa shape index (κ2) is 10.1. The van der Waals surface area contributed by atoms with Crippen LogP contribution >= 0.6 is 27.5 Å². The van der Waals surface area contributed by atoms with Gasteiger partial charge in [0.25, 0.3) is 0 Å². The second-order valence-corrected chi connectivity index (χ2v) is 8.47. The Bertz CT molecular complexity index is 1260. The van der Waals surface area contributed by atoms with Gasteiger partial charge in [-0.1, -0.05) is 23.7 Å². The van der Waals surface area contributed by atoms with Gasteiger partial charge in [-0.2, -0.15) is 5.10 Å². The molecular weight excluding hydrogens is 511 g/mol. The van der Waals surface area contributed by atoms with Crippen molar-refractivity contribution in [1.82, 2.24) is 9.78 Å². The van der Waals surface area contributed by atoms with E-state index in [1.165, 1.54) is 24.3 Å². The van der Waals surface area contributed by atoms with Crippen molar-refractivity contribution in [3.8, 4) is 17.0 Å². The zero-order chi connectivity index (χ0) is 23.4. The van der Waals surface area contributed by atoms with Crippen LogP contribution in [0.2, 0.25) is 5.02 Å². The zero-order valence-corrected chi connectivity index (χ0v) is 19.8. The number of ether oxygens (including phenoxy) is 1. The summed E-state index contributed by atoms with van der Waals surface area (Å²) < 4.78 is 21.7. The molecule has 0 unspecified atom stereocenters. The molecule has 4 aromatic rings. The van der Waals surface area contributed by atoms with E-state index in [1.807, 2.05) is 37.4 Å². The second-order valence-electron chi connectivity index (χ2n) is 7.18. The number of hydrogen-bond acceptors (Lipinski definition) is 3. The Kier molecular flexibility index (Phi) is 6.96. The number of carbonyl (C=O) groups is 1. The van der Waals surface area contributed by atoms with Gasteiger partial charge in [-0.05, 0) is 76.1 Å². The van der Waals surface area contributed by atoms with Gasteiger partial charge in [-0.15, -0.1) is 0 Å². The Morgan fingerprint density at radius 1 is 1.06 bits per heavy atom. The Morgan fingerprint density at radius 2 is 1.73 bits per heavy atom. The first-order chi connectivity index (χ1) is 15.9. The quantitative estimate of drug-likeness (QED) is 0.286. The molecule has 0 atom stereocenters. The van der Waals surface area contributed by atoms with Crippen LogP contribution in [0.4, 0.5) is 20.6 Å². The molecular formula is C24H19BrClFN4O2. The lowest BCUT2D eigenvalue weighted by Crippen LogP contribution is -2.19. The first-order valence-corrected chi connectivity index (χ1v) is 11.1. The number of benzene rings is 3. The minimum atomic E-state index is -0.452. The zero-order valence-electron chi connectivity index (χ0n) is 17.5. The number of urea groups is 1. The van der Waals surface area contributed by atoms with Crippen LogP contribution in [0, 0.1) is 5.82 Å². The van der Waals surface area contributed by atoms with Gasteiger partial charge < -0.3 is 15.4 Å². The number of nitrogens with zero attached hydrogens (tertiary/aromatic N) is 2. The lowest BCUT2D eigenvalue weighted by Gasteiger charge is -2.15. The summed E-state index contributed by atoms with van der Waals surface area (Å²) in [6.07, 6.45) is 1.69. The third-order valence-corrected chi connectivity index (χ3v) is 5.63. The van der Waals surface area contributed by atoms with E-state index >= 15 is 0 Å². The molecule has 2 N–H and O–H groups in total. The van der Waals surface area contributed by atoms with Crippen molar-refractivity contribution < 1.29 is 13.9 Å². The van der Waals surface area contributed by atoms with Crippen LogP contribution in [0.25, 0.3) is 11.3 Å². The highest BCUT2D eigenvalue weighted by molar-refractivity contribution is 9.10. The summed E-state index contributed by atoms with van der Waals surface area (Å²) in [5.41, 5.74) is 3.54. The van der Waals surface area contributed by atoms with Gasteiger partial charge in [0.15, 0.2) is 0 Å².